The molecule has 0 saturated heterocycles. The van der Waals surface area contributed by atoms with Crippen molar-refractivity contribution in [3.63, 3.8) is 0 Å². The van der Waals surface area contributed by atoms with Crippen LogP contribution < -0.4 is 11.1 Å². The molecule has 1 aromatic carbocycles. The van der Waals surface area contributed by atoms with E-state index in [-0.39, 0.29) is 5.91 Å². The van der Waals surface area contributed by atoms with Crippen molar-refractivity contribution < 1.29 is 4.79 Å². The van der Waals surface area contributed by atoms with Crippen molar-refractivity contribution >= 4 is 27.5 Å². The lowest BCUT2D eigenvalue weighted by atomic mass is 10.0. The first kappa shape index (κ1) is 13.7. The van der Waals surface area contributed by atoms with E-state index in [1.807, 2.05) is 24.3 Å². The molecule has 4 nitrogen and oxygen atoms in total. The molecule has 3 N–H and O–H groups in total. The first-order valence-electron chi connectivity index (χ1n) is 5.87. The lowest BCUT2D eigenvalue weighted by molar-refractivity contribution is -0.115. The number of carbonyl (C=O) groups is 1. The van der Waals surface area contributed by atoms with Gasteiger partial charge < -0.3 is 11.1 Å². The second kappa shape index (κ2) is 6.45. The molecule has 5 heteroatoms. The van der Waals surface area contributed by atoms with Gasteiger partial charge in [0.2, 0.25) is 5.91 Å². The van der Waals surface area contributed by atoms with Crippen LogP contribution in [-0.2, 0) is 17.8 Å². The van der Waals surface area contributed by atoms with Crippen LogP contribution >= 0.6 is 15.9 Å². The minimum Gasteiger partial charge on any atom is -0.326 e. The van der Waals surface area contributed by atoms with E-state index in [4.69, 9.17) is 5.73 Å². The number of nitrogens with two attached hydrogens (primary N) is 1. The average Bonchev–Trinajstić information content (AvgIpc) is 2.42. The molecule has 19 heavy (non-hydrogen) atoms. The Bertz CT molecular complexity index is 586. The van der Waals surface area contributed by atoms with Gasteiger partial charge in [-0.05, 0) is 33.1 Å². The molecule has 1 aromatic heterocycles. The molecule has 0 spiro atoms. The molecular weight excluding hydrogens is 306 g/mol. The van der Waals surface area contributed by atoms with E-state index < -0.39 is 0 Å². The monoisotopic (exact) mass is 319 g/mol. The van der Waals surface area contributed by atoms with E-state index in [2.05, 4.69) is 26.2 Å². The van der Waals surface area contributed by atoms with Crippen LogP contribution in [0.3, 0.4) is 0 Å². The Labute approximate surface area is 120 Å². The molecule has 0 aliphatic heterocycles. The number of rotatable bonds is 4. The number of aromatic nitrogens is 1. The summed E-state index contributed by atoms with van der Waals surface area (Å²) in [4.78, 5) is 16.0. The molecule has 1 amide bonds. The molecule has 98 valence electrons. The summed E-state index contributed by atoms with van der Waals surface area (Å²) in [7, 11) is 0. The highest BCUT2D eigenvalue weighted by atomic mass is 79.9. The number of hydrogen-bond donors (Lipinski definition) is 2. The molecule has 0 saturated carbocycles. The van der Waals surface area contributed by atoms with Gasteiger partial charge in [-0.1, -0.05) is 24.3 Å². The third kappa shape index (κ3) is 3.62. The first-order valence-corrected chi connectivity index (χ1v) is 6.66. The average molecular weight is 320 g/mol. The van der Waals surface area contributed by atoms with Crippen LogP contribution in [-0.4, -0.2) is 10.9 Å². The molecule has 0 bridgehead atoms. The van der Waals surface area contributed by atoms with Gasteiger partial charge in [0.1, 0.15) is 0 Å². The molecule has 0 aliphatic rings. The smallest absolute Gasteiger partial charge is 0.228 e. The Kier molecular flexibility index (Phi) is 4.65. The van der Waals surface area contributed by atoms with Crippen LogP contribution in [0.4, 0.5) is 5.69 Å². The van der Waals surface area contributed by atoms with Gasteiger partial charge in [0, 0.05) is 18.9 Å². The second-order valence-corrected chi connectivity index (χ2v) is 4.91. The van der Waals surface area contributed by atoms with E-state index >= 15 is 0 Å². The van der Waals surface area contributed by atoms with Crippen molar-refractivity contribution in [1.29, 1.82) is 0 Å². The maximum absolute atomic E-state index is 12.0. The molecule has 0 atom stereocenters. The normalized spacial score (nSPS) is 10.2. The highest BCUT2D eigenvalue weighted by Crippen LogP contribution is 2.20. The van der Waals surface area contributed by atoms with Crippen molar-refractivity contribution in [2.24, 2.45) is 5.73 Å². The second-order valence-electron chi connectivity index (χ2n) is 4.05. The Morgan fingerprint density at radius 1 is 1.26 bits per heavy atom. The Balaban J connectivity index is 2.08. The van der Waals surface area contributed by atoms with Crippen molar-refractivity contribution in [3.8, 4) is 0 Å². The highest BCUT2D eigenvalue weighted by Gasteiger charge is 2.08. The zero-order chi connectivity index (χ0) is 13.7. The molecule has 2 aromatic rings. The molecule has 1 heterocycles. The highest BCUT2D eigenvalue weighted by molar-refractivity contribution is 9.10. The Morgan fingerprint density at radius 2 is 2.00 bits per heavy atom. The lowest BCUT2D eigenvalue weighted by Gasteiger charge is -2.09. The minimum absolute atomic E-state index is 0.0761. The number of hydrogen-bond acceptors (Lipinski definition) is 3. The number of anilines is 1. The van der Waals surface area contributed by atoms with Crippen molar-refractivity contribution in [1.82, 2.24) is 4.98 Å². The fourth-order valence-corrected chi connectivity index (χ4v) is 2.12. The summed E-state index contributed by atoms with van der Waals surface area (Å²) in [6.07, 6.45) is 3.58. The quantitative estimate of drug-likeness (QED) is 0.909. The standard InChI is InChI=1S/C14H14BrN3O/c15-12-9-17-6-5-13(12)18-14(19)7-10-3-1-2-4-11(10)8-16/h1-6,9H,7-8,16H2,(H,17,18,19). The topological polar surface area (TPSA) is 68.0 Å². The molecule has 0 radical (unpaired) electrons. The van der Waals surface area contributed by atoms with Crippen LogP contribution in [0, 0.1) is 0 Å². The van der Waals surface area contributed by atoms with E-state index in [0.717, 1.165) is 15.6 Å². The van der Waals surface area contributed by atoms with E-state index in [9.17, 15) is 4.79 Å². The zero-order valence-corrected chi connectivity index (χ0v) is 11.9. The Morgan fingerprint density at radius 3 is 2.68 bits per heavy atom. The number of carbonyl (C=O) groups excluding carboxylic acids is 1. The third-order valence-electron chi connectivity index (χ3n) is 2.74. The number of pyridine rings is 1. The zero-order valence-electron chi connectivity index (χ0n) is 10.3. The summed E-state index contributed by atoms with van der Waals surface area (Å²) in [5.74, 6) is -0.0761. The number of amides is 1. The van der Waals surface area contributed by atoms with Crippen LogP contribution in [0.25, 0.3) is 0 Å². The van der Waals surface area contributed by atoms with Gasteiger partial charge in [0.25, 0.3) is 0 Å². The number of halogens is 1. The summed E-state index contributed by atoms with van der Waals surface area (Å²) < 4.78 is 0.760. The van der Waals surface area contributed by atoms with Crippen molar-refractivity contribution in [3.05, 3.63) is 58.3 Å². The number of nitrogens with zero attached hydrogens (tertiary/aromatic N) is 1. The fourth-order valence-electron chi connectivity index (χ4n) is 1.77. The van der Waals surface area contributed by atoms with Crippen LogP contribution in [0.1, 0.15) is 11.1 Å². The van der Waals surface area contributed by atoms with Gasteiger partial charge >= 0.3 is 0 Å². The van der Waals surface area contributed by atoms with Gasteiger partial charge in [0.15, 0.2) is 0 Å². The Hall–Kier alpha value is -1.72. The van der Waals surface area contributed by atoms with Gasteiger partial charge in [-0.15, -0.1) is 0 Å². The summed E-state index contributed by atoms with van der Waals surface area (Å²) in [5.41, 5.74) is 8.31. The van der Waals surface area contributed by atoms with Gasteiger partial charge in [-0.2, -0.15) is 0 Å². The van der Waals surface area contributed by atoms with Crippen molar-refractivity contribution in [2.45, 2.75) is 13.0 Å². The van der Waals surface area contributed by atoms with Crippen molar-refractivity contribution in [2.75, 3.05) is 5.32 Å². The van der Waals surface area contributed by atoms with E-state index in [0.29, 0.717) is 18.7 Å². The van der Waals surface area contributed by atoms with E-state index in [1.54, 1.807) is 18.5 Å². The molecular formula is C14H14BrN3O. The fraction of sp³-hybridized carbons (Fsp3) is 0.143. The maximum atomic E-state index is 12.0. The molecule has 0 unspecified atom stereocenters. The summed E-state index contributed by atoms with van der Waals surface area (Å²) in [6.45, 7) is 0.433. The maximum Gasteiger partial charge on any atom is 0.228 e. The molecule has 0 fully saturated rings. The predicted octanol–water partition coefficient (Wildman–Crippen LogP) is 2.48. The van der Waals surface area contributed by atoms with Crippen LogP contribution in [0.15, 0.2) is 47.2 Å². The SMILES string of the molecule is NCc1ccccc1CC(=O)Nc1ccncc1Br. The third-order valence-corrected chi connectivity index (χ3v) is 3.37. The number of benzene rings is 1. The van der Waals surface area contributed by atoms with E-state index in [1.165, 1.54) is 0 Å². The van der Waals surface area contributed by atoms with Gasteiger partial charge in [-0.25, -0.2) is 0 Å². The predicted molar refractivity (Wildman–Crippen MR) is 78.6 cm³/mol. The first-order chi connectivity index (χ1) is 9.20. The summed E-state index contributed by atoms with van der Waals surface area (Å²) in [6, 6.07) is 9.43. The number of nitrogens with one attached hydrogen (secondary N) is 1. The summed E-state index contributed by atoms with van der Waals surface area (Å²) >= 11 is 3.34. The van der Waals surface area contributed by atoms with Gasteiger partial charge in [0.05, 0.1) is 16.6 Å². The minimum atomic E-state index is -0.0761. The molecule has 0 aliphatic carbocycles. The lowest BCUT2D eigenvalue weighted by Crippen LogP contribution is -2.16. The largest absolute Gasteiger partial charge is 0.326 e. The van der Waals surface area contributed by atoms with Crippen LogP contribution in [0.2, 0.25) is 0 Å². The summed E-state index contributed by atoms with van der Waals surface area (Å²) in [5, 5.41) is 2.84. The van der Waals surface area contributed by atoms with Gasteiger partial charge in [-0.3, -0.25) is 9.78 Å². The van der Waals surface area contributed by atoms with Crippen LogP contribution in [0.5, 0.6) is 0 Å². The molecule has 2 rings (SSSR count).